The number of anilines is 1. The van der Waals surface area contributed by atoms with E-state index in [0.717, 1.165) is 19.4 Å². The van der Waals surface area contributed by atoms with E-state index in [1.165, 1.54) is 24.1 Å². The van der Waals surface area contributed by atoms with Crippen LogP contribution in [0.1, 0.15) is 25.7 Å². The summed E-state index contributed by atoms with van der Waals surface area (Å²) < 4.78 is 1.19. The van der Waals surface area contributed by atoms with Crippen LogP contribution < -0.4 is 10.9 Å². The SMILES string of the molecule is O=c1c(Cl)c(NC2CCN3CCCC3C2)cnn1CCO. The van der Waals surface area contributed by atoms with Crippen LogP contribution in [-0.2, 0) is 6.54 Å². The quantitative estimate of drug-likeness (QED) is 0.865. The second kappa shape index (κ2) is 6.34. The van der Waals surface area contributed by atoms with Gasteiger partial charge < -0.3 is 15.3 Å². The lowest BCUT2D eigenvalue weighted by molar-refractivity contribution is 0.188. The third-order valence-corrected chi connectivity index (χ3v) is 4.84. The van der Waals surface area contributed by atoms with Crippen molar-refractivity contribution in [2.45, 2.75) is 44.3 Å². The molecule has 0 radical (unpaired) electrons. The third kappa shape index (κ3) is 3.07. The largest absolute Gasteiger partial charge is 0.394 e. The predicted molar refractivity (Wildman–Crippen MR) is 81.8 cm³/mol. The van der Waals surface area contributed by atoms with Crippen LogP contribution in [0, 0.1) is 0 Å². The van der Waals surface area contributed by atoms with Crippen LogP contribution in [0.3, 0.4) is 0 Å². The average molecular weight is 313 g/mol. The first-order valence-corrected chi connectivity index (χ1v) is 7.94. The Morgan fingerprint density at radius 2 is 2.29 bits per heavy atom. The maximum Gasteiger partial charge on any atom is 0.287 e. The van der Waals surface area contributed by atoms with Crippen molar-refractivity contribution in [1.82, 2.24) is 14.7 Å². The minimum Gasteiger partial charge on any atom is -0.394 e. The second-order valence-electron chi connectivity index (χ2n) is 5.82. The minimum atomic E-state index is -0.353. The van der Waals surface area contributed by atoms with Gasteiger partial charge in [-0.2, -0.15) is 5.10 Å². The first-order valence-electron chi connectivity index (χ1n) is 7.56. The second-order valence-corrected chi connectivity index (χ2v) is 6.20. The van der Waals surface area contributed by atoms with E-state index < -0.39 is 0 Å². The molecule has 21 heavy (non-hydrogen) atoms. The summed E-state index contributed by atoms with van der Waals surface area (Å²) in [5.41, 5.74) is 0.251. The zero-order valence-corrected chi connectivity index (χ0v) is 12.7. The van der Waals surface area contributed by atoms with Crippen molar-refractivity contribution in [3.63, 3.8) is 0 Å². The smallest absolute Gasteiger partial charge is 0.287 e. The summed E-state index contributed by atoms with van der Waals surface area (Å²) in [4.78, 5) is 14.6. The molecular weight excluding hydrogens is 292 g/mol. The molecule has 2 aliphatic heterocycles. The molecule has 116 valence electrons. The summed E-state index contributed by atoms with van der Waals surface area (Å²) in [5, 5.41) is 16.5. The third-order valence-electron chi connectivity index (χ3n) is 4.48. The summed E-state index contributed by atoms with van der Waals surface area (Å²) in [6.45, 7) is 2.36. The Morgan fingerprint density at radius 3 is 3.10 bits per heavy atom. The zero-order chi connectivity index (χ0) is 14.8. The molecule has 0 saturated carbocycles. The van der Waals surface area contributed by atoms with Crippen LogP contribution in [0.5, 0.6) is 0 Å². The van der Waals surface area contributed by atoms with Crippen LogP contribution in [0.15, 0.2) is 11.0 Å². The van der Waals surface area contributed by atoms with Crippen molar-refractivity contribution in [1.29, 1.82) is 0 Å². The van der Waals surface area contributed by atoms with Crippen LogP contribution in [-0.4, -0.2) is 51.6 Å². The maximum atomic E-state index is 12.0. The number of aromatic nitrogens is 2. The van der Waals surface area contributed by atoms with E-state index in [1.807, 2.05) is 0 Å². The number of nitrogens with one attached hydrogen (secondary N) is 1. The molecule has 0 bridgehead atoms. The zero-order valence-electron chi connectivity index (χ0n) is 12.0. The number of fused-ring (bicyclic) bond motifs is 1. The molecule has 2 atom stereocenters. The van der Waals surface area contributed by atoms with E-state index in [0.29, 0.717) is 17.8 Å². The molecule has 3 heterocycles. The molecule has 2 aliphatic rings. The number of rotatable bonds is 4. The molecule has 0 aliphatic carbocycles. The topological polar surface area (TPSA) is 70.4 Å². The van der Waals surface area contributed by atoms with Crippen LogP contribution in [0.2, 0.25) is 5.02 Å². The number of aliphatic hydroxyl groups excluding tert-OH is 1. The molecule has 2 unspecified atom stereocenters. The Morgan fingerprint density at radius 1 is 1.43 bits per heavy atom. The average Bonchev–Trinajstić information content (AvgIpc) is 2.94. The van der Waals surface area contributed by atoms with Gasteiger partial charge in [-0.3, -0.25) is 4.79 Å². The normalized spacial score (nSPS) is 25.8. The van der Waals surface area contributed by atoms with Crippen molar-refractivity contribution >= 4 is 17.3 Å². The summed E-state index contributed by atoms with van der Waals surface area (Å²) in [7, 11) is 0. The van der Waals surface area contributed by atoms with Gasteiger partial charge in [0.2, 0.25) is 0 Å². The summed E-state index contributed by atoms with van der Waals surface area (Å²) in [6, 6.07) is 1.01. The molecule has 2 saturated heterocycles. The fourth-order valence-corrected chi connectivity index (χ4v) is 3.60. The lowest BCUT2D eigenvalue weighted by Crippen LogP contribution is -2.43. The molecule has 7 heteroatoms. The van der Waals surface area contributed by atoms with Gasteiger partial charge in [-0.25, -0.2) is 4.68 Å². The van der Waals surface area contributed by atoms with Crippen molar-refractivity contribution in [2.24, 2.45) is 0 Å². The van der Waals surface area contributed by atoms with Gasteiger partial charge in [0, 0.05) is 18.6 Å². The van der Waals surface area contributed by atoms with Crippen molar-refractivity contribution in [3.8, 4) is 0 Å². The van der Waals surface area contributed by atoms with E-state index in [4.69, 9.17) is 16.7 Å². The lowest BCUT2D eigenvalue weighted by Gasteiger charge is -2.35. The summed E-state index contributed by atoms with van der Waals surface area (Å²) in [6.07, 6.45) is 6.29. The molecule has 1 aromatic rings. The Balaban J connectivity index is 1.70. The number of nitrogens with zero attached hydrogens (tertiary/aromatic N) is 3. The van der Waals surface area contributed by atoms with Crippen molar-refractivity contribution < 1.29 is 5.11 Å². The van der Waals surface area contributed by atoms with Crippen LogP contribution >= 0.6 is 11.6 Å². The van der Waals surface area contributed by atoms with E-state index in [1.54, 1.807) is 6.20 Å². The molecule has 2 N–H and O–H groups in total. The molecule has 0 aromatic carbocycles. The van der Waals surface area contributed by atoms with Gasteiger partial charge in [0.25, 0.3) is 5.56 Å². The van der Waals surface area contributed by atoms with Crippen LogP contribution in [0.4, 0.5) is 5.69 Å². The molecule has 0 spiro atoms. The van der Waals surface area contributed by atoms with Gasteiger partial charge in [0.15, 0.2) is 0 Å². The van der Waals surface area contributed by atoms with Crippen LogP contribution in [0.25, 0.3) is 0 Å². The van der Waals surface area contributed by atoms with E-state index in [9.17, 15) is 4.79 Å². The summed E-state index contributed by atoms with van der Waals surface area (Å²) >= 11 is 6.14. The highest BCUT2D eigenvalue weighted by atomic mass is 35.5. The number of hydrogen-bond acceptors (Lipinski definition) is 5. The minimum absolute atomic E-state index is 0.129. The maximum absolute atomic E-state index is 12.0. The predicted octanol–water partition coefficient (Wildman–Crippen LogP) is 0.928. The van der Waals surface area contributed by atoms with Gasteiger partial charge >= 0.3 is 0 Å². The molecular formula is C14H21ClN4O2. The lowest BCUT2D eigenvalue weighted by atomic mass is 9.97. The number of hydrogen-bond donors (Lipinski definition) is 2. The van der Waals surface area contributed by atoms with Crippen molar-refractivity contribution in [3.05, 3.63) is 21.6 Å². The fraction of sp³-hybridized carbons (Fsp3) is 0.714. The van der Waals surface area contributed by atoms with E-state index in [2.05, 4.69) is 15.3 Å². The van der Waals surface area contributed by atoms with E-state index in [-0.39, 0.29) is 23.7 Å². The van der Waals surface area contributed by atoms with Gasteiger partial charge in [0.1, 0.15) is 5.02 Å². The highest BCUT2D eigenvalue weighted by molar-refractivity contribution is 6.32. The Bertz CT molecular complexity index is 562. The first kappa shape index (κ1) is 14.8. The Labute approximate surface area is 128 Å². The van der Waals surface area contributed by atoms with Gasteiger partial charge in [-0.15, -0.1) is 0 Å². The van der Waals surface area contributed by atoms with Crippen molar-refractivity contribution in [2.75, 3.05) is 25.0 Å². The standard InChI is InChI=1S/C14H21ClN4O2/c15-13-12(9-16-19(6-7-20)14(13)21)17-10-3-5-18-4-1-2-11(18)8-10/h9-11,17,20H,1-8H2. The molecule has 3 rings (SSSR count). The number of aliphatic hydroxyl groups is 1. The summed E-state index contributed by atoms with van der Waals surface area (Å²) in [5.74, 6) is 0. The molecule has 6 nitrogen and oxygen atoms in total. The van der Waals surface area contributed by atoms with E-state index >= 15 is 0 Å². The van der Waals surface area contributed by atoms with Gasteiger partial charge in [0.05, 0.1) is 25.0 Å². The monoisotopic (exact) mass is 312 g/mol. The highest BCUT2D eigenvalue weighted by Crippen LogP contribution is 2.29. The Kier molecular flexibility index (Phi) is 4.47. The fourth-order valence-electron chi connectivity index (χ4n) is 3.40. The number of piperidine rings is 1. The van der Waals surface area contributed by atoms with Gasteiger partial charge in [-0.1, -0.05) is 11.6 Å². The first-order chi connectivity index (χ1) is 10.2. The molecule has 2 fully saturated rings. The highest BCUT2D eigenvalue weighted by Gasteiger charge is 2.31. The molecule has 0 amide bonds. The Hall–Kier alpha value is -1.11. The molecule has 1 aromatic heterocycles. The number of halogens is 1. The van der Waals surface area contributed by atoms with Gasteiger partial charge in [-0.05, 0) is 32.2 Å².